The number of ether oxygens (including phenoxy) is 1. The maximum atomic E-state index is 13.5. The van der Waals surface area contributed by atoms with Crippen molar-refractivity contribution in [3.8, 4) is 11.1 Å². The van der Waals surface area contributed by atoms with Crippen molar-refractivity contribution >= 4 is 29.3 Å². The fraction of sp³-hybridized carbons (Fsp3) is 0.292. The largest absolute Gasteiger partial charge is 0.447 e. The van der Waals surface area contributed by atoms with E-state index >= 15 is 0 Å². The number of hydrogen-bond donors (Lipinski definition) is 0. The summed E-state index contributed by atoms with van der Waals surface area (Å²) < 4.78 is 5.08. The molecule has 0 N–H and O–H groups in total. The van der Waals surface area contributed by atoms with E-state index in [1.165, 1.54) is 4.90 Å². The van der Waals surface area contributed by atoms with Crippen LogP contribution in [0.4, 0.5) is 22.1 Å². The van der Waals surface area contributed by atoms with Gasteiger partial charge in [-0.25, -0.2) is 19.7 Å². The molecule has 1 aromatic carbocycles. The maximum absolute atomic E-state index is 13.5. The monoisotopic (exact) mass is 429 g/mol. The molecule has 1 fully saturated rings. The summed E-state index contributed by atoms with van der Waals surface area (Å²) in [4.78, 5) is 42.1. The molecule has 2 aromatic heterocycles. The molecule has 0 atom stereocenters. The number of benzene rings is 1. The number of nitrogens with zero attached hydrogens (tertiary/aromatic N) is 5. The number of aromatic nitrogens is 3. The van der Waals surface area contributed by atoms with Gasteiger partial charge in [-0.1, -0.05) is 18.2 Å². The Morgan fingerprint density at radius 2 is 1.75 bits per heavy atom. The Hall–Kier alpha value is -3.81. The Kier molecular flexibility index (Phi) is 4.47. The smallest absolute Gasteiger partial charge is 0.415 e. The van der Waals surface area contributed by atoms with Crippen LogP contribution in [0.5, 0.6) is 0 Å². The topological polar surface area (TPSA) is 88.5 Å². The lowest BCUT2D eigenvalue weighted by Crippen LogP contribution is -2.34. The van der Waals surface area contributed by atoms with Gasteiger partial charge in [0, 0.05) is 18.0 Å². The second kappa shape index (κ2) is 7.12. The van der Waals surface area contributed by atoms with E-state index in [0.717, 1.165) is 27.9 Å². The SMILES string of the molecule is Cc1ncc(-c2ccc3c(c2)N(c2ccc(C)c(N4CCOC4=O)n2)C(=O)C3(C)C)cn1. The Balaban J connectivity index is 1.63. The fourth-order valence-corrected chi connectivity index (χ4v) is 4.19. The fourth-order valence-electron chi connectivity index (χ4n) is 4.19. The lowest BCUT2D eigenvalue weighted by Gasteiger charge is -2.22. The van der Waals surface area contributed by atoms with Crippen molar-refractivity contribution in [3.05, 3.63) is 59.7 Å². The Labute approximate surface area is 185 Å². The number of fused-ring (bicyclic) bond motifs is 1. The highest BCUT2D eigenvalue weighted by Gasteiger charge is 2.45. The number of hydrogen-bond acceptors (Lipinski definition) is 6. The highest BCUT2D eigenvalue weighted by Crippen LogP contribution is 2.46. The van der Waals surface area contributed by atoms with Crippen LogP contribution in [0.1, 0.15) is 30.8 Å². The normalized spacial score (nSPS) is 17.0. The third kappa shape index (κ3) is 3.02. The van der Waals surface area contributed by atoms with E-state index in [1.54, 1.807) is 17.3 Å². The van der Waals surface area contributed by atoms with E-state index in [2.05, 4.69) is 9.97 Å². The Morgan fingerprint density at radius 3 is 2.44 bits per heavy atom. The zero-order valence-corrected chi connectivity index (χ0v) is 18.4. The van der Waals surface area contributed by atoms with Crippen molar-refractivity contribution < 1.29 is 14.3 Å². The van der Waals surface area contributed by atoms with E-state index < -0.39 is 11.5 Å². The number of aryl methyl sites for hydroxylation is 2. The van der Waals surface area contributed by atoms with Gasteiger partial charge in [-0.05, 0) is 56.5 Å². The molecule has 5 rings (SSSR count). The molecule has 0 spiro atoms. The van der Waals surface area contributed by atoms with Gasteiger partial charge in [0.25, 0.3) is 0 Å². The molecular formula is C24H23N5O3. The van der Waals surface area contributed by atoms with Gasteiger partial charge in [0.05, 0.1) is 17.6 Å². The van der Waals surface area contributed by atoms with Crippen LogP contribution in [0, 0.1) is 13.8 Å². The highest BCUT2D eigenvalue weighted by molar-refractivity contribution is 6.12. The number of cyclic esters (lactones) is 1. The first-order valence-corrected chi connectivity index (χ1v) is 10.5. The average Bonchev–Trinajstić information content (AvgIpc) is 3.28. The molecule has 0 radical (unpaired) electrons. The lowest BCUT2D eigenvalue weighted by molar-refractivity contribution is -0.121. The quantitative estimate of drug-likeness (QED) is 0.624. The molecule has 1 saturated heterocycles. The zero-order chi connectivity index (χ0) is 22.6. The summed E-state index contributed by atoms with van der Waals surface area (Å²) >= 11 is 0. The molecule has 0 bridgehead atoms. The van der Waals surface area contributed by atoms with Gasteiger partial charge in [0.2, 0.25) is 5.91 Å². The summed E-state index contributed by atoms with van der Waals surface area (Å²) in [5.74, 6) is 1.60. The van der Waals surface area contributed by atoms with Crippen LogP contribution in [-0.4, -0.2) is 40.1 Å². The first-order valence-electron chi connectivity index (χ1n) is 10.5. The minimum atomic E-state index is -0.711. The molecule has 2 amide bonds. The van der Waals surface area contributed by atoms with Gasteiger partial charge in [0.1, 0.15) is 24.1 Å². The summed E-state index contributed by atoms with van der Waals surface area (Å²) in [5.41, 5.74) is 3.59. The molecule has 0 aliphatic carbocycles. The predicted molar refractivity (Wildman–Crippen MR) is 120 cm³/mol. The van der Waals surface area contributed by atoms with Gasteiger partial charge >= 0.3 is 6.09 Å². The number of anilines is 3. The number of rotatable bonds is 3. The molecule has 4 heterocycles. The third-order valence-electron chi connectivity index (χ3n) is 6.07. The molecular weight excluding hydrogens is 406 g/mol. The van der Waals surface area contributed by atoms with E-state index in [0.29, 0.717) is 30.6 Å². The van der Waals surface area contributed by atoms with E-state index in [-0.39, 0.29) is 5.91 Å². The van der Waals surface area contributed by atoms with Crippen molar-refractivity contribution in [3.63, 3.8) is 0 Å². The number of pyridine rings is 1. The first-order chi connectivity index (χ1) is 15.3. The predicted octanol–water partition coefficient (Wildman–Crippen LogP) is 4.07. The molecule has 8 nitrogen and oxygen atoms in total. The van der Waals surface area contributed by atoms with Crippen molar-refractivity contribution in [2.45, 2.75) is 33.1 Å². The lowest BCUT2D eigenvalue weighted by atomic mass is 9.85. The van der Waals surface area contributed by atoms with Gasteiger partial charge < -0.3 is 4.74 Å². The van der Waals surface area contributed by atoms with Crippen LogP contribution < -0.4 is 9.80 Å². The summed E-state index contributed by atoms with van der Waals surface area (Å²) in [7, 11) is 0. The van der Waals surface area contributed by atoms with Crippen LogP contribution >= 0.6 is 0 Å². The van der Waals surface area contributed by atoms with Crippen LogP contribution in [-0.2, 0) is 14.9 Å². The van der Waals surface area contributed by atoms with Gasteiger partial charge in [-0.2, -0.15) is 0 Å². The highest BCUT2D eigenvalue weighted by atomic mass is 16.6. The van der Waals surface area contributed by atoms with Crippen LogP contribution in [0.2, 0.25) is 0 Å². The van der Waals surface area contributed by atoms with Crippen molar-refractivity contribution in [1.29, 1.82) is 0 Å². The molecule has 0 saturated carbocycles. The first kappa shape index (κ1) is 20.1. The molecule has 162 valence electrons. The molecule has 2 aliphatic rings. The number of amides is 2. The van der Waals surface area contributed by atoms with Crippen LogP contribution in [0.15, 0.2) is 42.7 Å². The molecule has 2 aliphatic heterocycles. The molecule has 3 aromatic rings. The Bertz CT molecular complexity index is 1250. The summed E-state index contributed by atoms with van der Waals surface area (Å²) in [6.45, 7) is 8.31. The number of carbonyl (C=O) groups is 2. The molecule has 8 heteroatoms. The van der Waals surface area contributed by atoms with Crippen molar-refractivity contribution in [2.75, 3.05) is 23.0 Å². The van der Waals surface area contributed by atoms with E-state index in [9.17, 15) is 9.59 Å². The second-order valence-corrected chi connectivity index (χ2v) is 8.59. The minimum absolute atomic E-state index is 0.0730. The third-order valence-corrected chi connectivity index (χ3v) is 6.07. The van der Waals surface area contributed by atoms with Crippen molar-refractivity contribution in [1.82, 2.24) is 15.0 Å². The standard InChI is InChI=1S/C24H23N5O3/c1-14-5-8-20(27-21(14)28-9-10-32-23(28)31)29-19-11-16(17-12-25-15(2)26-13-17)6-7-18(19)24(3,4)22(29)30/h5-8,11-13H,9-10H2,1-4H3. The van der Waals surface area contributed by atoms with E-state index in [1.807, 2.05) is 58.0 Å². The van der Waals surface area contributed by atoms with Crippen molar-refractivity contribution in [2.24, 2.45) is 0 Å². The van der Waals surface area contributed by atoms with Crippen LogP contribution in [0.3, 0.4) is 0 Å². The van der Waals surface area contributed by atoms with Gasteiger partial charge in [-0.15, -0.1) is 0 Å². The summed E-state index contributed by atoms with van der Waals surface area (Å²) in [6, 6.07) is 9.63. The van der Waals surface area contributed by atoms with Crippen LogP contribution in [0.25, 0.3) is 11.1 Å². The second-order valence-electron chi connectivity index (χ2n) is 8.59. The van der Waals surface area contributed by atoms with E-state index in [4.69, 9.17) is 9.72 Å². The zero-order valence-electron chi connectivity index (χ0n) is 18.4. The summed E-state index contributed by atoms with van der Waals surface area (Å²) in [5, 5.41) is 0. The Morgan fingerprint density at radius 1 is 1.00 bits per heavy atom. The maximum Gasteiger partial charge on any atom is 0.415 e. The van der Waals surface area contributed by atoms with Gasteiger partial charge in [-0.3, -0.25) is 14.6 Å². The average molecular weight is 429 g/mol. The molecule has 0 unspecified atom stereocenters. The summed E-state index contributed by atoms with van der Waals surface area (Å²) in [6.07, 6.45) is 3.13. The van der Waals surface area contributed by atoms with Gasteiger partial charge in [0.15, 0.2) is 0 Å². The minimum Gasteiger partial charge on any atom is -0.447 e. The number of carbonyl (C=O) groups excluding carboxylic acids is 2. The molecule has 32 heavy (non-hydrogen) atoms.